The van der Waals surface area contributed by atoms with Crippen LogP contribution in [-0.2, 0) is 28.6 Å². The maximum Gasteiger partial charge on any atom is 0.306 e. The predicted molar refractivity (Wildman–Crippen MR) is 297 cm³/mol. The molecule has 0 saturated heterocycles. The van der Waals surface area contributed by atoms with Gasteiger partial charge in [0, 0.05) is 19.3 Å². The first-order chi connectivity index (χ1) is 34.0. The standard InChI is InChI=1S/C63H98O6/c1-4-7-10-13-16-19-22-25-28-31-33-35-38-41-44-47-50-53-56-62(65)68-59-60(58-67-61(64)55-52-49-46-43-40-37-34-30-27-24-21-18-15-12-9-6-3)69-63(66)57-54-51-48-45-42-39-36-32-29-26-23-20-17-14-11-8-5-2/h9-10,12-13,16-22,25-31,33,35-36,39,45,48,60H,4-8,11,14-15,23-24,32,34,37-38,40-44,46-47,49-59H2,1-3H3/b12-9-,13-10-,19-16-,20-17-,21-18-,25-22-,29-26-,30-27-,31-28-,35-33-,39-36-,48-45-. The van der Waals surface area contributed by atoms with Gasteiger partial charge >= 0.3 is 17.9 Å². The van der Waals surface area contributed by atoms with Gasteiger partial charge in [0.05, 0.1) is 0 Å². The molecule has 0 bridgehead atoms. The van der Waals surface area contributed by atoms with Gasteiger partial charge in [-0.25, -0.2) is 0 Å². The molecule has 0 saturated carbocycles. The first-order valence-corrected chi connectivity index (χ1v) is 27.4. The number of allylic oxidation sites excluding steroid dienone is 24. The molecular weight excluding hydrogens is 853 g/mol. The Morgan fingerprint density at radius 2 is 0.667 bits per heavy atom. The van der Waals surface area contributed by atoms with Crippen molar-refractivity contribution < 1.29 is 28.6 Å². The summed E-state index contributed by atoms with van der Waals surface area (Å²) in [6, 6.07) is 0. The predicted octanol–water partition coefficient (Wildman–Crippen LogP) is 18.4. The van der Waals surface area contributed by atoms with Crippen LogP contribution in [0.4, 0.5) is 0 Å². The van der Waals surface area contributed by atoms with Crippen molar-refractivity contribution in [3.05, 3.63) is 146 Å². The second kappa shape index (κ2) is 55.9. The van der Waals surface area contributed by atoms with Crippen molar-refractivity contribution in [1.29, 1.82) is 0 Å². The molecule has 0 aliphatic rings. The highest BCUT2D eigenvalue weighted by Gasteiger charge is 2.19. The van der Waals surface area contributed by atoms with Gasteiger partial charge in [0.1, 0.15) is 13.2 Å². The fraction of sp³-hybridized carbons (Fsp3) is 0.571. The average Bonchev–Trinajstić information content (AvgIpc) is 3.35. The molecule has 0 aliphatic heterocycles. The SMILES string of the molecule is CC/C=C\C/C=C\C/C=C\CCCCCCCCC(=O)OCC(COC(=O)CCCCCCC\C=C/C=C\C=C/C=C\C=C/CCC)OC(=O)CCC/C=C\C/C=C\C/C=C\C/C=C\CCCCC. The largest absolute Gasteiger partial charge is 0.462 e. The van der Waals surface area contributed by atoms with Gasteiger partial charge in [-0.05, 0) is 109 Å². The molecule has 0 aliphatic carbocycles. The minimum atomic E-state index is -0.830. The summed E-state index contributed by atoms with van der Waals surface area (Å²) in [6.07, 6.45) is 79.7. The van der Waals surface area contributed by atoms with E-state index in [0.717, 1.165) is 122 Å². The van der Waals surface area contributed by atoms with Gasteiger partial charge in [0.25, 0.3) is 0 Å². The molecule has 0 aromatic rings. The van der Waals surface area contributed by atoms with Crippen molar-refractivity contribution in [3.8, 4) is 0 Å². The third-order valence-corrected chi connectivity index (χ3v) is 10.9. The van der Waals surface area contributed by atoms with Crippen LogP contribution in [0.1, 0.15) is 213 Å². The molecule has 0 fully saturated rings. The normalized spacial score (nSPS) is 13.3. The highest BCUT2D eigenvalue weighted by Crippen LogP contribution is 2.12. The number of esters is 3. The highest BCUT2D eigenvalue weighted by atomic mass is 16.6. The molecule has 1 unspecified atom stereocenters. The van der Waals surface area contributed by atoms with E-state index in [1.807, 2.05) is 36.5 Å². The first-order valence-electron chi connectivity index (χ1n) is 27.4. The Hall–Kier alpha value is -4.71. The number of carbonyl (C=O) groups is 3. The summed E-state index contributed by atoms with van der Waals surface area (Å²) in [5.74, 6) is -1.02. The van der Waals surface area contributed by atoms with Gasteiger partial charge in [-0.3, -0.25) is 14.4 Å². The van der Waals surface area contributed by atoms with Crippen molar-refractivity contribution >= 4 is 17.9 Å². The Bertz CT molecular complexity index is 1560. The number of hydrogen-bond donors (Lipinski definition) is 0. The van der Waals surface area contributed by atoms with Crippen molar-refractivity contribution in [1.82, 2.24) is 0 Å². The number of rotatable bonds is 47. The lowest BCUT2D eigenvalue weighted by molar-refractivity contribution is -0.167. The fourth-order valence-electron chi connectivity index (χ4n) is 6.83. The molecule has 0 radical (unpaired) electrons. The highest BCUT2D eigenvalue weighted by molar-refractivity contribution is 5.71. The first kappa shape index (κ1) is 64.3. The summed E-state index contributed by atoms with van der Waals surface area (Å²) in [7, 11) is 0. The zero-order valence-electron chi connectivity index (χ0n) is 44.0. The van der Waals surface area contributed by atoms with Crippen LogP contribution in [0.25, 0.3) is 0 Å². The monoisotopic (exact) mass is 951 g/mol. The molecule has 0 heterocycles. The van der Waals surface area contributed by atoms with Gasteiger partial charge in [-0.1, -0.05) is 231 Å². The Labute approximate surface area is 423 Å². The zero-order chi connectivity index (χ0) is 50.0. The number of ether oxygens (including phenoxy) is 3. The maximum absolute atomic E-state index is 12.8. The third-order valence-electron chi connectivity index (χ3n) is 10.9. The summed E-state index contributed by atoms with van der Waals surface area (Å²) >= 11 is 0. The average molecular weight is 951 g/mol. The Balaban J connectivity index is 4.59. The third kappa shape index (κ3) is 54.1. The van der Waals surface area contributed by atoms with Crippen LogP contribution in [0.15, 0.2) is 146 Å². The van der Waals surface area contributed by atoms with E-state index in [2.05, 4.69) is 130 Å². The molecule has 0 N–H and O–H groups in total. The quantitative estimate of drug-likeness (QED) is 0.0199. The van der Waals surface area contributed by atoms with Crippen molar-refractivity contribution in [2.45, 2.75) is 219 Å². The van der Waals surface area contributed by atoms with Crippen LogP contribution in [-0.4, -0.2) is 37.2 Å². The summed E-state index contributed by atoms with van der Waals surface area (Å²) < 4.78 is 16.8. The van der Waals surface area contributed by atoms with E-state index in [-0.39, 0.29) is 37.5 Å². The summed E-state index contributed by atoms with van der Waals surface area (Å²) in [5.41, 5.74) is 0. The van der Waals surface area contributed by atoms with Crippen LogP contribution in [0, 0.1) is 0 Å². The van der Waals surface area contributed by atoms with E-state index in [1.54, 1.807) is 0 Å². The molecule has 6 heteroatoms. The fourth-order valence-corrected chi connectivity index (χ4v) is 6.83. The summed E-state index contributed by atoms with van der Waals surface area (Å²) in [4.78, 5) is 38.1. The summed E-state index contributed by atoms with van der Waals surface area (Å²) in [6.45, 7) is 6.31. The number of carbonyl (C=O) groups excluding carboxylic acids is 3. The lowest BCUT2D eigenvalue weighted by Gasteiger charge is -2.18. The number of unbranched alkanes of at least 4 members (excludes halogenated alkanes) is 16. The van der Waals surface area contributed by atoms with E-state index in [0.29, 0.717) is 19.3 Å². The molecule has 386 valence electrons. The lowest BCUT2D eigenvalue weighted by atomic mass is 10.1. The Kier molecular flexibility index (Phi) is 52.1. The minimum Gasteiger partial charge on any atom is -0.462 e. The summed E-state index contributed by atoms with van der Waals surface area (Å²) in [5, 5.41) is 0. The zero-order valence-corrected chi connectivity index (χ0v) is 44.0. The molecule has 6 nitrogen and oxygen atoms in total. The molecule has 0 aromatic carbocycles. The molecule has 69 heavy (non-hydrogen) atoms. The van der Waals surface area contributed by atoms with Crippen LogP contribution in [0.2, 0.25) is 0 Å². The van der Waals surface area contributed by atoms with Gasteiger partial charge in [-0.2, -0.15) is 0 Å². The molecule has 0 aromatic heterocycles. The molecular formula is C63H98O6. The van der Waals surface area contributed by atoms with E-state index in [9.17, 15) is 14.4 Å². The molecule has 0 spiro atoms. The minimum absolute atomic E-state index is 0.121. The Morgan fingerprint density at radius 1 is 0.319 bits per heavy atom. The van der Waals surface area contributed by atoms with Crippen molar-refractivity contribution in [3.63, 3.8) is 0 Å². The van der Waals surface area contributed by atoms with Crippen LogP contribution in [0.3, 0.4) is 0 Å². The van der Waals surface area contributed by atoms with Crippen LogP contribution in [0.5, 0.6) is 0 Å². The second-order valence-corrected chi connectivity index (χ2v) is 17.5. The van der Waals surface area contributed by atoms with Gasteiger partial charge in [0.2, 0.25) is 0 Å². The van der Waals surface area contributed by atoms with E-state index >= 15 is 0 Å². The Morgan fingerprint density at radius 3 is 1.12 bits per heavy atom. The van der Waals surface area contributed by atoms with E-state index in [4.69, 9.17) is 14.2 Å². The van der Waals surface area contributed by atoms with E-state index < -0.39 is 6.10 Å². The van der Waals surface area contributed by atoms with Gasteiger partial charge in [-0.15, -0.1) is 0 Å². The van der Waals surface area contributed by atoms with Crippen molar-refractivity contribution in [2.75, 3.05) is 13.2 Å². The maximum atomic E-state index is 12.8. The van der Waals surface area contributed by atoms with Crippen molar-refractivity contribution in [2.24, 2.45) is 0 Å². The van der Waals surface area contributed by atoms with E-state index in [1.165, 1.54) is 44.9 Å². The van der Waals surface area contributed by atoms with Crippen LogP contribution >= 0.6 is 0 Å². The smallest absolute Gasteiger partial charge is 0.306 e. The molecule has 0 amide bonds. The van der Waals surface area contributed by atoms with Gasteiger partial charge in [0.15, 0.2) is 6.10 Å². The van der Waals surface area contributed by atoms with Crippen LogP contribution < -0.4 is 0 Å². The topological polar surface area (TPSA) is 78.9 Å². The lowest BCUT2D eigenvalue weighted by Crippen LogP contribution is -2.30. The molecule has 1 atom stereocenters. The number of hydrogen-bond acceptors (Lipinski definition) is 6. The second-order valence-electron chi connectivity index (χ2n) is 17.5. The van der Waals surface area contributed by atoms with Gasteiger partial charge < -0.3 is 14.2 Å². The molecule has 0 rings (SSSR count).